The zero-order chi connectivity index (χ0) is 21.5. The van der Waals surface area contributed by atoms with Crippen LogP contribution in [0.3, 0.4) is 0 Å². The first kappa shape index (κ1) is 19.7. The lowest BCUT2D eigenvalue weighted by atomic mass is 9.87. The molecule has 5 rings (SSSR count). The number of aromatic nitrogens is 4. The average Bonchev–Trinajstić information content (AvgIpc) is 3.22. The maximum atomic E-state index is 13.3. The van der Waals surface area contributed by atoms with E-state index in [1.165, 1.54) is 5.56 Å². The summed E-state index contributed by atoms with van der Waals surface area (Å²) < 4.78 is 7.90. The smallest absolute Gasteiger partial charge is 0.274 e. The highest BCUT2D eigenvalue weighted by molar-refractivity contribution is 9.10. The Hall–Kier alpha value is -3.26. The second kappa shape index (κ2) is 7.77. The van der Waals surface area contributed by atoms with E-state index in [9.17, 15) is 4.79 Å². The van der Waals surface area contributed by atoms with Crippen molar-refractivity contribution in [2.24, 2.45) is 0 Å². The molecule has 3 aromatic heterocycles. The summed E-state index contributed by atoms with van der Waals surface area (Å²) in [6.07, 6.45) is 5.96. The quantitative estimate of drug-likeness (QED) is 0.439. The molecule has 4 aromatic rings. The monoisotopic (exact) mass is 477 g/mol. The molecule has 0 aliphatic carbocycles. The Labute approximate surface area is 187 Å². The summed E-state index contributed by atoms with van der Waals surface area (Å²) in [4.78, 5) is 23.8. The van der Waals surface area contributed by atoms with Crippen molar-refractivity contribution in [1.29, 1.82) is 0 Å². The van der Waals surface area contributed by atoms with Gasteiger partial charge in [0.05, 0.1) is 17.6 Å². The Balaban J connectivity index is 1.50. The van der Waals surface area contributed by atoms with Crippen molar-refractivity contribution >= 4 is 27.5 Å². The summed E-state index contributed by atoms with van der Waals surface area (Å²) in [5.74, 6) is 0.509. The maximum Gasteiger partial charge on any atom is 0.274 e. The zero-order valence-electron chi connectivity index (χ0n) is 17.1. The highest BCUT2D eigenvalue weighted by Crippen LogP contribution is 2.38. The fourth-order valence-electron chi connectivity index (χ4n) is 4.26. The van der Waals surface area contributed by atoms with Crippen molar-refractivity contribution in [3.05, 3.63) is 76.3 Å². The second-order valence-electron chi connectivity index (χ2n) is 7.46. The lowest BCUT2D eigenvalue weighted by Crippen LogP contribution is -2.39. The van der Waals surface area contributed by atoms with Crippen LogP contribution in [0.25, 0.3) is 16.8 Å². The van der Waals surface area contributed by atoms with Crippen LogP contribution in [-0.2, 0) is 6.42 Å². The van der Waals surface area contributed by atoms with Gasteiger partial charge in [0, 0.05) is 36.8 Å². The number of pyridine rings is 1. The van der Waals surface area contributed by atoms with Crippen molar-refractivity contribution < 1.29 is 9.53 Å². The van der Waals surface area contributed by atoms with Crippen LogP contribution in [0, 0.1) is 0 Å². The van der Waals surface area contributed by atoms with Crippen LogP contribution in [0.2, 0.25) is 0 Å². The number of halogens is 1. The van der Waals surface area contributed by atoms with Crippen molar-refractivity contribution in [1.82, 2.24) is 24.5 Å². The van der Waals surface area contributed by atoms with Gasteiger partial charge in [0.25, 0.3) is 5.91 Å². The Morgan fingerprint density at radius 3 is 2.87 bits per heavy atom. The van der Waals surface area contributed by atoms with Gasteiger partial charge >= 0.3 is 0 Å². The molecule has 1 amide bonds. The van der Waals surface area contributed by atoms with Crippen molar-refractivity contribution in [2.45, 2.75) is 19.4 Å². The summed E-state index contributed by atoms with van der Waals surface area (Å²) in [6, 6.07) is 11.8. The third-order valence-corrected chi connectivity index (χ3v) is 6.16. The lowest BCUT2D eigenvalue weighted by molar-refractivity contribution is 0.0671. The van der Waals surface area contributed by atoms with Crippen molar-refractivity contribution in [3.63, 3.8) is 0 Å². The fraction of sp³-hybridized carbons (Fsp3) is 0.217. The number of fused-ring (bicyclic) bond motifs is 2. The molecule has 1 unspecified atom stereocenters. The highest BCUT2D eigenvalue weighted by Gasteiger charge is 2.31. The SMILES string of the molecule is COc1ncccc1-c1cccc2c1CCN(C(=O)c1cc3ncc(Br)cn3n1)C2C. The number of ether oxygens (including phenoxy) is 1. The molecule has 7 nitrogen and oxygen atoms in total. The number of carbonyl (C=O) groups excluding carboxylic acids is 1. The predicted octanol–water partition coefficient (Wildman–Crippen LogP) is 4.32. The molecule has 1 aromatic carbocycles. The highest BCUT2D eigenvalue weighted by atomic mass is 79.9. The first-order valence-electron chi connectivity index (χ1n) is 10.00. The summed E-state index contributed by atoms with van der Waals surface area (Å²) >= 11 is 3.39. The molecule has 156 valence electrons. The van der Waals surface area contributed by atoms with Crippen molar-refractivity contribution in [3.8, 4) is 17.0 Å². The molecule has 0 N–H and O–H groups in total. The minimum absolute atomic E-state index is 0.0802. The summed E-state index contributed by atoms with van der Waals surface area (Å²) in [5.41, 5.74) is 5.46. The molecule has 8 heteroatoms. The van der Waals surface area contributed by atoms with Crippen LogP contribution in [0.4, 0.5) is 0 Å². The molecule has 0 fully saturated rings. The predicted molar refractivity (Wildman–Crippen MR) is 120 cm³/mol. The number of hydrogen-bond acceptors (Lipinski definition) is 5. The molecular formula is C23H20BrN5O2. The molecule has 0 bridgehead atoms. The number of nitrogens with zero attached hydrogens (tertiary/aromatic N) is 5. The third kappa shape index (κ3) is 3.37. The van der Waals surface area contributed by atoms with Crippen LogP contribution in [-0.4, -0.2) is 44.0 Å². The normalized spacial score (nSPS) is 15.7. The van der Waals surface area contributed by atoms with Gasteiger partial charge < -0.3 is 9.64 Å². The zero-order valence-corrected chi connectivity index (χ0v) is 18.7. The number of methoxy groups -OCH3 is 1. The van der Waals surface area contributed by atoms with Crippen LogP contribution < -0.4 is 4.74 Å². The molecular weight excluding hydrogens is 458 g/mol. The Bertz CT molecular complexity index is 1300. The number of carbonyl (C=O) groups is 1. The Morgan fingerprint density at radius 1 is 1.19 bits per heavy atom. The fourth-order valence-corrected chi connectivity index (χ4v) is 4.56. The lowest BCUT2D eigenvalue weighted by Gasteiger charge is -2.36. The molecule has 0 saturated heterocycles. The summed E-state index contributed by atoms with van der Waals surface area (Å²) in [7, 11) is 1.63. The van der Waals surface area contributed by atoms with Crippen LogP contribution in [0.15, 0.2) is 59.5 Å². The van der Waals surface area contributed by atoms with Gasteiger partial charge in [0.1, 0.15) is 0 Å². The Morgan fingerprint density at radius 2 is 2.03 bits per heavy atom. The number of amides is 1. The molecule has 31 heavy (non-hydrogen) atoms. The van der Waals surface area contributed by atoms with Gasteiger partial charge in [-0.2, -0.15) is 5.10 Å². The summed E-state index contributed by atoms with van der Waals surface area (Å²) in [6.45, 7) is 2.67. The molecule has 4 heterocycles. The van der Waals surface area contributed by atoms with E-state index >= 15 is 0 Å². The first-order valence-corrected chi connectivity index (χ1v) is 10.8. The minimum atomic E-state index is -0.0934. The molecule has 1 aliphatic rings. The van der Waals surface area contributed by atoms with Gasteiger partial charge in [0.2, 0.25) is 5.88 Å². The van der Waals surface area contributed by atoms with E-state index in [0.29, 0.717) is 23.8 Å². The molecule has 1 aliphatic heterocycles. The number of hydrogen-bond donors (Lipinski definition) is 0. The van der Waals surface area contributed by atoms with Crippen LogP contribution >= 0.6 is 15.9 Å². The Kier molecular flexibility index (Phi) is 4.94. The van der Waals surface area contributed by atoms with E-state index in [4.69, 9.17) is 4.74 Å². The van der Waals surface area contributed by atoms with E-state index in [-0.39, 0.29) is 11.9 Å². The maximum absolute atomic E-state index is 13.3. The first-order chi connectivity index (χ1) is 15.1. The van der Waals surface area contributed by atoms with Gasteiger partial charge in [-0.15, -0.1) is 0 Å². The molecule has 0 saturated carbocycles. The minimum Gasteiger partial charge on any atom is -0.481 e. The topological polar surface area (TPSA) is 72.6 Å². The van der Waals surface area contributed by atoms with E-state index in [1.807, 2.05) is 23.1 Å². The second-order valence-corrected chi connectivity index (χ2v) is 8.38. The van der Waals surface area contributed by atoms with E-state index < -0.39 is 0 Å². The number of benzene rings is 1. The average molecular weight is 478 g/mol. The van der Waals surface area contributed by atoms with E-state index in [1.54, 1.807) is 36.3 Å². The summed E-state index contributed by atoms with van der Waals surface area (Å²) in [5, 5.41) is 4.44. The largest absolute Gasteiger partial charge is 0.481 e. The molecule has 0 spiro atoms. The van der Waals surface area contributed by atoms with Gasteiger partial charge in [-0.3, -0.25) is 4.79 Å². The van der Waals surface area contributed by atoms with Gasteiger partial charge in [0.15, 0.2) is 11.3 Å². The molecule has 0 radical (unpaired) electrons. The third-order valence-electron chi connectivity index (χ3n) is 5.75. The van der Waals surface area contributed by atoms with E-state index in [2.05, 4.69) is 50.1 Å². The van der Waals surface area contributed by atoms with E-state index in [0.717, 1.165) is 27.6 Å². The van der Waals surface area contributed by atoms with Crippen LogP contribution in [0.1, 0.15) is 34.6 Å². The van der Waals surface area contributed by atoms with Crippen LogP contribution in [0.5, 0.6) is 5.88 Å². The van der Waals surface area contributed by atoms with Gasteiger partial charge in [-0.25, -0.2) is 14.5 Å². The standard InChI is InChI=1S/C23H20BrN5O2/c1-14-16-5-3-6-17(19-7-4-9-25-22(19)31-2)18(16)8-10-28(14)23(30)20-11-21-26-12-15(24)13-29(21)27-20/h3-7,9,11-14H,8,10H2,1-2H3. The van der Waals surface area contributed by atoms with Gasteiger partial charge in [-0.1, -0.05) is 18.2 Å². The molecule has 1 atom stereocenters. The van der Waals surface area contributed by atoms with Crippen molar-refractivity contribution in [2.75, 3.05) is 13.7 Å². The van der Waals surface area contributed by atoms with Gasteiger partial charge in [-0.05, 0) is 58.1 Å². The number of rotatable bonds is 3.